The number of ether oxygens (including phenoxy) is 3. The van der Waals surface area contributed by atoms with Crippen molar-refractivity contribution in [1.29, 1.82) is 0 Å². The van der Waals surface area contributed by atoms with E-state index < -0.39 is 5.54 Å². The lowest BCUT2D eigenvalue weighted by Crippen LogP contribution is -2.36. The van der Waals surface area contributed by atoms with Crippen molar-refractivity contribution < 1.29 is 19.0 Å². The van der Waals surface area contributed by atoms with Gasteiger partial charge in [-0.3, -0.25) is 4.79 Å². The van der Waals surface area contributed by atoms with Crippen molar-refractivity contribution in [3.8, 4) is 11.5 Å². The van der Waals surface area contributed by atoms with Crippen LogP contribution in [0.5, 0.6) is 11.5 Å². The minimum atomic E-state index is -0.935. The van der Waals surface area contributed by atoms with Crippen LogP contribution in [-0.2, 0) is 9.53 Å². The van der Waals surface area contributed by atoms with Gasteiger partial charge in [-0.2, -0.15) is 0 Å². The average Bonchev–Trinajstić information content (AvgIpc) is 3.11. The minimum absolute atomic E-state index is 0.0865. The topological polar surface area (TPSA) is 70.8 Å². The SMILES string of the molecule is CCOC(=O)C1(N)CC1c1cccc(OC)c1OC. The molecule has 1 saturated carbocycles. The van der Waals surface area contributed by atoms with E-state index >= 15 is 0 Å². The van der Waals surface area contributed by atoms with E-state index in [1.165, 1.54) is 0 Å². The summed E-state index contributed by atoms with van der Waals surface area (Å²) >= 11 is 0. The Hall–Kier alpha value is -1.75. The van der Waals surface area contributed by atoms with E-state index in [2.05, 4.69) is 0 Å². The normalized spacial score (nSPS) is 24.7. The van der Waals surface area contributed by atoms with Gasteiger partial charge in [-0.1, -0.05) is 12.1 Å². The van der Waals surface area contributed by atoms with Crippen molar-refractivity contribution in [2.45, 2.75) is 24.8 Å². The fourth-order valence-corrected chi connectivity index (χ4v) is 2.34. The predicted molar refractivity (Wildman–Crippen MR) is 70.5 cm³/mol. The second-order valence-electron chi connectivity index (χ2n) is 4.60. The van der Waals surface area contributed by atoms with Crippen LogP contribution in [0.15, 0.2) is 18.2 Å². The Balaban J connectivity index is 2.28. The summed E-state index contributed by atoms with van der Waals surface area (Å²) in [5, 5.41) is 0. The number of nitrogens with two attached hydrogens (primary N) is 1. The van der Waals surface area contributed by atoms with Gasteiger partial charge in [0, 0.05) is 11.5 Å². The molecule has 2 rings (SSSR count). The zero-order chi connectivity index (χ0) is 14.0. The lowest BCUT2D eigenvalue weighted by Gasteiger charge is -2.14. The van der Waals surface area contributed by atoms with Gasteiger partial charge in [-0.05, 0) is 19.4 Å². The first kappa shape index (κ1) is 13.7. The highest BCUT2D eigenvalue weighted by Gasteiger charge is 2.60. The van der Waals surface area contributed by atoms with Crippen LogP contribution in [0.2, 0.25) is 0 Å². The maximum Gasteiger partial charge on any atom is 0.326 e. The highest BCUT2D eigenvalue weighted by atomic mass is 16.5. The van der Waals surface area contributed by atoms with Crippen LogP contribution in [0.1, 0.15) is 24.8 Å². The second-order valence-corrected chi connectivity index (χ2v) is 4.60. The summed E-state index contributed by atoms with van der Waals surface area (Å²) in [7, 11) is 3.15. The van der Waals surface area contributed by atoms with E-state index in [-0.39, 0.29) is 11.9 Å². The maximum atomic E-state index is 11.8. The van der Waals surface area contributed by atoms with Crippen LogP contribution >= 0.6 is 0 Å². The molecule has 104 valence electrons. The van der Waals surface area contributed by atoms with E-state index in [4.69, 9.17) is 19.9 Å². The molecule has 0 saturated heterocycles. The molecule has 2 atom stereocenters. The molecule has 1 fully saturated rings. The Morgan fingerprint density at radius 3 is 2.74 bits per heavy atom. The molecule has 0 aliphatic heterocycles. The molecule has 1 aromatic rings. The summed E-state index contributed by atoms with van der Waals surface area (Å²) in [4.78, 5) is 11.8. The first-order valence-corrected chi connectivity index (χ1v) is 6.25. The van der Waals surface area contributed by atoms with E-state index in [0.717, 1.165) is 5.56 Å². The molecule has 0 aromatic heterocycles. The average molecular weight is 265 g/mol. The third-order valence-corrected chi connectivity index (χ3v) is 3.47. The number of methoxy groups -OCH3 is 2. The molecule has 5 nitrogen and oxygen atoms in total. The first-order chi connectivity index (χ1) is 9.08. The summed E-state index contributed by atoms with van der Waals surface area (Å²) < 4.78 is 15.6. The van der Waals surface area contributed by atoms with Crippen LogP contribution in [0.4, 0.5) is 0 Å². The minimum Gasteiger partial charge on any atom is -0.493 e. The number of hydrogen-bond donors (Lipinski definition) is 1. The molecule has 5 heteroatoms. The van der Waals surface area contributed by atoms with Crippen molar-refractivity contribution in [3.05, 3.63) is 23.8 Å². The molecule has 0 radical (unpaired) electrons. The fraction of sp³-hybridized carbons (Fsp3) is 0.500. The van der Waals surface area contributed by atoms with Crippen LogP contribution in [0, 0.1) is 0 Å². The molecule has 0 spiro atoms. The lowest BCUT2D eigenvalue weighted by atomic mass is 10.0. The maximum absolute atomic E-state index is 11.8. The van der Waals surface area contributed by atoms with Crippen molar-refractivity contribution in [1.82, 2.24) is 0 Å². The van der Waals surface area contributed by atoms with Gasteiger partial charge in [-0.25, -0.2) is 0 Å². The van der Waals surface area contributed by atoms with Crippen LogP contribution in [0.25, 0.3) is 0 Å². The Morgan fingerprint density at radius 1 is 1.42 bits per heavy atom. The molecule has 0 bridgehead atoms. The smallest absolute Gasteiger partial charge is 0.326 e. The van der Waals surface area contributed by atoms with Gasteiger partial charge in [-0.15, -0.1) is 0 Å². The van der Waals surface area contributed by atoms with Crippen molar-refractivity contribution in [2.75, 3.05) is 20.8 Å². The summed E-state index contributed by atoms with van der Waals surface area (Å²) in [5.41, 5.74) is 6.05. The number of para-hydroxylation sites is 1. The van der Waals surface area contributed by atoms with Crippen molar-refractivity contribution in [3.63, 3.8) is 0 Å². The Bertz CT molecular complexity index is 488. The number of carbonyl (C=O) groups is 1. The largest absolute Gasteiger partial charge is 0.493 e. The van der Waals surface area contributed by atoms with Gasteiger partial charge in [0.05, 0.1) is 20.8 Å². The third kappa shape index (κ3) is 2.26. The molecular formula is C14H19NO4. The quantitative estimate of drug-likeness (QED) is 0.816. The molecule has 2 N–H and O–H groups in total. The molecular weight excluding hydrogens is 246 g/mol. The van der Waals surface area contributed by atoms with E-state index in [9.17, 15) is 4.79 Å². The number of esters is 1. The van der Waals surface area contributed by atoms with Crippen molar-refractivity contribution in [2.24, 2.45) is 5.73 Å². The molecule has 1 aliphatic carbocycles. The molecule has 0 amide bonds. The fourth-order valence-electron chi connectivity index (χ4n) is 2.34. The van der Waals surface area contributed by atoms with E-state index in [0.29, 0.717) is 24.5 Å². The zero-order valence-corrected chi connectivity index (χ0v) is 11.4. The predicted octanol–water partition coefficient (Wildman–Crippen LogP) is 1.45. The zero-order valence-electron chi connectivity index (χ0n) is 11.4. The van der Waals surface area contributed by atoms with Gasteiger partial charge < -0.3 is 19.9 Å². The summed E-state index contributed by atoms with van der Waals surface area (Å²) in [5.74, 6) is 0.825. The number of carbonyl (C=O) groups excluding carboxylic acids is 1. The molecule has 0 heterocycles. The summed E-state index contributed by atoms with van der Waals surface area (Å²) in [6.45, 7) is 2.10. The van der Waals surface area contributed by atoms with E-state index in [1.54, 1.807) is 21.1 Å². The van der Waals surface area contributed by atoms with E-state index in [1.807, 2.05) is 18.2 Å². The molecule has 1 aromatic carbocycles. The number of rotatable bonds is 5. The van der Waals surface area contributed by atoms with Crippen LogP contribution in [0.3, 0.4) is 0 Å². The molecule has 19 heavy (non-hydrogen) atoms. The van der Waals surface area contributed by atoms with Crippen LogP contribution in [-0.4, -0.2) is 32.3 Å². The van der Waals surface area contributed by atoms with Gasteiger partial charge in [0.1, 0.15) is 5.54 Å². The summed E-state index contributed by atoms with van der Waals surface area (Å²) in [6, 6.07) is 5.58. The highest BCUT2D eigenvalue weighted by Crippen LogP contribution is 2.54. The van der Waals surface area contributed by atoms with Crippen molar-refractivity contribution >= 4 is 5.97 Å². The Kier molecular flexibility index (Phi) is 3.66. The Labute approximate surface area is 112 Å². The lowest BCUT2D eigenvalue weighted by molar-refractivity contribution is -0.146. The highest BCUT2D eigenvalue weighted by molar-refractivity contribution is 5.87. The second kappa shape index (κ2) is 5.09. The molecule has 2 unspecified atom stereocenters. The number of benzene rings is 1. The first-order valence-electron chi connectivity index (χ1n) is 6.25. The monoisotopic (exact) mass is 265 g/mol. The van der Waals surface area contributed by atoms with Gasteiger partial charge in [0.2, 0.25) is 0 Å². The number of hydrogen-bond acceptors (Lipinski definition) is 5. The molecule has 1 aliphatic rings. The van der Waals surface area contributed by atoms with Gasteiger partial charge in [0.15, 0.2) is 11.5 Å². The summed E-state index contributed by atoms with van der Waals surface area (Å²) in [6.07, 6.45) is 0.565. The van der Waals surface area contributed by atoms with Gasteiger partial charge in [0.25, 0.3) is 0 Å². The van der Waals surface area contributed by atoms with Crippen LogP contribution < -0.4 is 15.2 Å². The van der Waals surface area contributed by atoms with Gasteiger partial charge >= 0.3 is 5.97 Å². The standard InChI is InChI=1S/C14H19NO4/c1-4-19-13(16)14(15)8-10(14)9-6-5-7-11(17-2)12(9)18-3/h5-7,10H,4,8,15H2,1-3H3. The Morgan fingerprint density at radius 2 is 2.16 bits per heavy atom. The third-order valence-electron chi connectivity index (χ3n) is 3.47.